The Morgan fingerprint density at radius 3 is 2.00 bits per heavy atom. The minimum Gasteiger partial charge on any atom is -0.395 e. The maximum Gasteiger partial charge on any atom is 1.00 e. The van der Waals surface area contributed by atoms with Gasteiger partial charge < -0.3 is 3.07 Å². The van der Waals surface area contributed by atoms with E-state index in [2.05, 4.69) is 3.07 Å². The van der Waals surface area contributed by atoms with Gasteiger partial charge >= 0.3 is 35.5 Å². The summed E-state index contributed by atoms with van der Waals surface area (Å²) in [6, 6.07) is 0. The van der Waals surface area contributed by atoms with E-state index in [1.807, 2.05) is 0 Å². The van der Waals surface area contributed by atoms with E-state index in [4.69, 9.17) is 0 Å². The molecule has 0 aromatic rings. The van der Waals surface area contributed by atoms with Crippen molar-refractivity contribution in [2.24, 2.45) is 0 Å². The van der Waals surface area contributed by atoms with Gasteiger partial charge in [-0.25, -0.2) is 0 Å². The van der Waals surface area contributed by atoms with E-state index in [-0.39, 0.29) is 35.5 Å². The van der Waals surface area contributed by atoms with Crippen molar-refractivity contribution in [3.8, 4) is 0 Å². The average Bonchev–Trinajstić information content (AvgIpc) is 1.38. The zero-order valence-corrected chi connectivity index (χ0v) is 7.85. The summed E-state index contributed by atoms with van der Waals surface area (Å²) < 4.78 is 4.08. The van der Waals surface area contributed by atoms with Crippen LogP contribution in [0.1, 0.15) is 6.92 Å². The van der Waals surface area contributed by atoms with Crippen LogP contribution in [0.25, 0.3) is 0 Å². The van der Waals surface area contributed by atoms with E-state index in [1.54, 1.807) is 0 Å². The van der Waals surface area contributed by atoms with E-state index in [0.717, 1.165) is 0 Å². The number of rotatable bonds is 0. The fraction of sp³-hybridized carbons (Fsp3) is 0.500. The van der Waals surface area contributed by atoms with Crippen LogP contribution in [0.2, 0.25) is 0 Å². The first kappa shape index (κ1) is 10.2. The third-order valence-corrected chi connectivity index (χ3v) is 0.729. The van der Waals surface area contributed by atoms with Gasteiger partial charge in [-0.15, -0.1) is 0 Å². The van der Waals surface area contributed by atoms with E-state index in [0.29, 0.717) is 0 Å². The van der Waals surface area contributed by atoms with Crippen LogP contribution in [0.15, 0.2) is 0 Å². The molecular formula is C2H3INaO2+. The second-order valence-electron chi connectivity index (χ2n) is 0.569. The molecule has 0 aliphatic carbocycles. The molecule has 0 aromatic carbocycles. The van der Waals surface area contributed by atoms with E-state index >= 15 is 0 Å². The predicted molar refractivity (Wildman–Crippen MR) is 25.8 cm³/mol. The van der Waals surface area contributed by atoms with Gasteiger partial charge in [-0.3, -0.25) is 4.79 Å². The second-order valence-corrected chi connectivity index (χ2v) is 1.01. The monoisotopic (exact) mass is 209 g/mol. The first-order chi connectivity index (χ1) is 2.27. The van der Waals surface area contributed by atoms with Gasteiger partial charge in [0.25, 0.3) is 0 Å². The molecule has 0 aliphatic heterocycles. The van der Waals surface area contributed by atoms with Crippen molar-refractivity contribution in [2.45, 2.75) is 6.92 Å². The summed E-state index contributed by atoms with van der Waals surface area (Å²) in [6.45, 7) is 1.35. The fourth-order valence-corrected chi connectivity index (χ4v) is 0. The Bertz CT molecular complexity index is 46.8. The molecule has 0 aromatic heterocycles. The quantitative estimate of drug-likeness (QED) is 0.337. The minimum atomic E-state index is -0.259. The van der Waals surface area contributed by atoms with Crippen molar-refractivity contribution >= 4 is 29.0 Å². The largest absolute Gasteiger partial charge is 1.00 e. The Morgan fingerprint density at radius 2 is 2.00 bits per heavy atom. The maximum atomic E-state index is 9.58. The van der Waals surface area contributed by atoms with E-state index < -0.39 is 0 Å². The van der Waals surface area contributed by atoms with Gasteiger partial charge in [-0.1, -0.05) is 0 Å². The normalized spacial score (nSPS) is 5.67. The fourth-order valence-electron chi connectivity index (χ4n) is 0. The molecule has 0 radical (unpaired) electrons. The zero-order chi connectivity index (χ0) is 4.28. The number of hydrogen-bond acceptors (Lipinski definition) is 2. The van der Waals surface area contributed by atoms with Crippen molar-refractivity contribution < 1.29 is 37.4 Å². The van der Waals surface area contributed by atoms with Gasteiger partial charge in [0.1, 0.15) is 0 Å². The molecule has 0 rings (SSSR count). The van der Waals surface area contributed by atoms with Crippen molar-refractivity contribution in [2.75, 3.05) is 0 Å². The summed E-state index contributed by atoms with van der Waals surface area (Å²) in [5, 5.41) is 0. The first-order valence-corrected chi connectivity index (χ1v) is 1.94. The van der Waals surface area contributed by atoms with Crippen LogP contribution in [0.5, 0.6) is 0 Å². The Kier molecular flexibility index (Phi) is 10.6. The molecule has 4 heteroatoms. The third-order valence-electron chi connectivity index (χ3n) is 0.109. The van der Waals surface area contributed by atoms with Gasteiger partial charge in [0.2, 0.25) is 0 Å². The van der Waals surface area contributed by atoms with Gasteiger partial charge in [0.05, 0.1) is 0 Å². The molecule has 30 valence electrons. The van der Waals surface area contributed by atoms with Crippen molar-refractivity contribution in [3.63, 3.8) is 0 Å². The standard InChI is InChI=1S/C2H3IO2.Na/c1-2(4)5-3;/h1H3;/q;+1. The SMILES string of the molecule is CC(=O)OI.[Na+]. The topological polar surface area (TPSA) is 26.3 Å². The number of carbonyl (C=O) groups excluding carboxylic acids is 1. The summed E-state index contributed by atoms with van der Waals surface area (Å²) in [7, 11) is 0. The molecule has 0 N–H and O–H groups in total. The molecule has 0 saturated carbocycles. The van der Waals surface area contributed by atoms with Gasteiger partial charge in [0, 0.05) is 6.92 Å². The van der Waals surface area contributed by atoms with Crippen molar-refractivity contribution in [1.82, 2.24) is 0 Å². The van der Waals surface area contributed by atoms with Crippen LogP contribution in [0.3, 0.4) is 0 Å². The molecule has 0 amide bonds. The second kappa shape index (κ2) is 6.20. The number of carbonyl (C=O) groups is 1. The molecule has 0 heterocycles. The van der Waals surface area contributed by atoms with Crippen molar-refractivity contribution in [3.05, 3.63) is 0 Å². The maximum absolute atomic E-state index is 9.58. The van der Waals surface area contributed by atoms with Crippen LogP contribution in [0, 0.1) is 0 Å². The minimum absolute atomic E-state index is 0. The van der Waals surface area contributed by atoms with Crippen molar-refractivity contribution in [1.29, 1.82) is 0 Å². The summed E-state index contributed by atoms with van der Waals surface area (Å²) in [5.41, 5.74) is 0. The third kappa shape index (κ3) is 8.96. The van der Waals surface area contributed by atoms with Crippen LogP contribution in [-0.4, -0.2) is 5.97 Å². The molecule has 6 heavy (non-hydrogen) atoms. The molecule has 2 nitrogen and oxygen atoms in total. The molecule has 0 spiro atoms. The summed E-state index contributed by atoms with van der Waals surface area (Å²) in [6.07, 6.45) is 0. The van der Waals surface area contributed by atoms with Crippen LogP contribution < -0.4 is 29.6 Å². The molecule has 0 unspecified atom stereocenters. The summed E-state index contributed by atoms with van der Waals surface area (Å²) >= 11 is 1.53. The first-order valence-electron chi connectivity index (χ1n) is 1.06. The predicted octanol–water partition coefficient (Wildman–Crippen LogP) is -2.10. The summed E-state index contributed by atoms with van der Waals surface area (Å²) in [4.78, 5) is 9.58. The molecule has 0 aliphatic rings. The molecule has 0 fully saturated rings. The number of hydrogen-bond donors (Lipinski definition) is 0. The molecule has 0 bridgehead atoms. The van der Waals surface area contributed by atoms with Gasteiger partial charge in [0.15, 0.2) is 23.0 Å². The van der Waals surface area contributed by atoms with Crippen LogP contribution in [-0.2, 0) is 7.86 Å². The molecule has 0 saturated heterocycles. The van der Waals surface area contributed by atoms with E-state index in [9.17, 15) is 4.79 Å². The Labute approximate surface area is 72.6 Å². The Balaban J connectivity index is 0. The Morgan fingerprint density at radius 1 is 1.83 bits per heavy atom. The van der Waals surface area contributed by atoms with E-state index in [1.165, 1.54) is 29.9 Å². The summed E-state index contributed by atoms with van der Waals surface area (Å²) in [5.74, 6) is -0.259. The molecular weight excluding hydrogens is 206 g/mol. The average molecular weight is 209 g/mol. The number of halogens is 1. The Hall–Kier alpha value is 1.20. The van der Waals surface area contributed by atoms with Gasteiger partial charge in [-0.2, -0.15) is 0 Å². The molecule has 0 atom stereocenters. The zero-order valence-electron chi connectivity index (χ0n) is 3.69. The van der Waals surface area contributed by atoms with Crippen LogP contribution >= 0.6 is 23.0 Å². The van der Waals surface area contributed by atoms with Gasteiger partial charge in [-0.05, 0) is 0 Å². The van der Waals surface area contributed by atoms with Crippen LogP contribution in [0.4, 0.5) is 0 Å². The smallest absolute Gasteiger partial charge is 0.395 e.